The van der Waals surface area contributed by atoms with Crippen LogP contribution in [0.25, 0.3) is 22.3 Å². The highest BCUT2D eigenvalue weighted by Crippen LogP contribution is 2.29. The van der Waals surface area contributed by atoms with E-state index in [1.807, 2.05) is 36.4 Å². The van der Waals surface area contributed by atoms with E-state index in [9.17, 15) is 0 Å². The zero-order valence-corrected chi connectivity index (χ0v) is 8.57. The molecule has 1 aliphatic carbocycles. The van der Waals surface area contributed by atoms with Crippen LogP contribution in [0.1, 0.15) is 0 Å². The molecule has 0 radical (unpaired) electrons. The molecule has 0 atom stereocenters. The smallest absolute Gasteiger partial charge is 0.162 e. The lowest BCUT2D eigenvalue weighted by molar-refractivity contribution is 1.33. The monoisotopic (exact) mass is 214 g/mol. The molecule has 0 N–H and O–H groups in total. The Labute approximate surface area is 91.9 Å². The lowest BCUT2D eigenvalue weighted by Gasteiger charge is -1.90. The van der Waals surface area contributed by atoms with Gasteiger partial charge in [-0.05, 0) is 18.2 Å². The van der Waals surface area contributed by atoms with Gasteiger partial charge in [0.1, 0.15) is 5.15 Å². The van der Waals surface area contributed by atoms with Crippen LogP contribution in [0.15, 0.2) is 42.5 Å². The summed E-state index contributed by atoms with van der Waals surface area (Å²) in [5.41, 5.74) is 2.77. The van der Waals surface area contributed by atoms with E-state index < -0.39 is 0 Å². The highest BCUT2D eigenvalue weighted by molar-refractivity contribution is 6.29. The van der Waals surface area contributed by atoms with Crippen LogP contribution >= 0.6 is 11.6 Å². The standard InChI is InChI=1S/C12H7ClN2/c13-11-7-6-9-8-4-2-1-3-5-10(8)14-12(9)15-11/h1-7H. The van der Waals surface area contributed by atoms with E-state index in [1.54, 1.807) is 6.07 Å². The number of fused-ring (bicyclic) bond motifs is 3. The van der Waals surface area contributed by atoms with Gasteiger partial charge in [0, 0.05) is 10.9 Å². The predicted octanol–water partition coefficient (Wildman–Crippen LogP) is 3.39. The van der Waals surface area contributed by atoms with Crippen LogP contribution in [-0.2, 0) is 0 Å². The summed E-state index contributed by atoms with van der Waals surface area (Å²) in [6.45, 7) is 0. The number of nitrogens with zero attached hydrogens (tertiary/aromatic N) is 2. The minimum absolute atomic E-state index is 0.481. The van der Waals surface area contributed by atoms with Crippen molar-refractivity contribution in [3.8, 4) is 11.3 Å². The van der Waals surface area contributed by atoms with Crippen LogP contribution in [-0.4, -0.2) is 9.97 Å². The maximum atomic E-state index is 5.82. The van der Waals surface area contributed by atoms with Gasteiger partial charge < -0.3 is 0 Å². The van der Waals surface area contributed by atoms with Crippen molar-refractivity contribution < 1.29 is 0 Å². The number of aromatic nitrogens is 2. The summed E-state index contributed by atoms with van der Waals surface area (Å²) in [6.07, 6.45) is 0. The van der Waals surface area contributed by atoms with Gasteiger partial charge >= 0.3 is 0 Å². The molecule has 2 heterocycles. The molecule has 1 aliphatic heterocycles. The average molecular weight is 215 g/mol. The third-order valence-corrected chi connectivity index (χ3v) is 2.58. The summed E-state index contributed by atoms with van der Waals surface area (Å²) in [6, 6.07) is 13.7. The number of hydrogen-bond acceptors (Lipinski definition) is 2. The van der Waals surface area contributed by atoms with Crippen LogP contribution in [0.4, 0.5) is 0 Å². The first-order chi connectivity index (χ1) is 7.34. The zero-order valence-electron chi connectivity index (χ0n) is 7.81. The first-order valence-electron chi connectivity index (χ1n) is 4.65. The van der Waals surface area contributed by atoms with Gasteiger partial charge in [-0.15, -0.1) is 0 Å². The van der Waals surface area contributed by atoms with E-state index in [-0.39, 0.29) is 0 Å². The topological polar surface area (TPSA) is 25.8 Å². The molecule has 0 unspecified atom stereocenters. The summed E-state index contributed by atoms with van der Waals surface area (Å²) in [4.78, 5) is 8.61. The van der Waals surface area contributed by atoms with E-state index >= 15 is 0 Å². The van der Waals surface area contributed by atoms with Crippen molar-refractivity contribution in [2.75, 3.05) is 0 Å². The maximum Gasteiger partial charge on any atom is 0.162 e. The molecule has 0 amide bonds. The minimum Gasteiger partial charge on any atom is -0.228 e. The molecule has 3 heteroatoms. The Kier molecular flexibility index (Phi) is 1.82. The summed E-state index contributed by atoms with van der Waals surface area (Å²) < 4.78 is 0. The highest BCUT2D eigenvalue weighted by atomic mass is 35.5. The highest BCUT2D eigenvalue weighted by Gasteiger charge is 2.10. The van der Waals surface area contributed by atoms with Gasteiger partial charge in [-0.3, -0.25) is 0 Å². The molecule has 0 aromatic carbocycles. The zero-order chi connectivity index (χ0) is 10.3. The summed E-state index contributed by atoms with van der Waals surface area (Å²) in [5.74, 6) is 0. The third-order valence-electron chi connectivity index (χ3n) is 2.37. The molecule has 0 bridgehead atoms. The van der Waals surface area contributed by atoms with Gasteiger partial charge in [0.2, 0.25) is 0 Å². The molecule has 2 aliphatic rings. The van der Waals surface area contributed by atoms with E-state index in [4.69, 9.17) is 11.6 Å². The lowest BCUT2D eigenvalue weighted by atomic mass is 10.1. The number of pyridine rings is 1. The molecule has 72 valence electrons. The van der Waals surface area contributed by atoms with Crippen molar-refractivity contribution in [1.29, 1.82) is 0 Å². The van der Waals surface area contributed by atoms with Gasteiger partial charge in [-0.1, -0.05) is 35.9 Å². The fourth-order valence-electron chi connectivity index (χ4n) is 1.70. The van der Waals surface area contributed by atoms with Crippen LogP contribution in [0.3, 0.4) is 0 Å². The van der Waals surface area contributed by atoms with Crippen molar-refractivity contribution in [2.24, 2.45) is 0 Å². The second-order valence-electron chi connectivity index (χ2n) is 3.33. The van der Waals surface area contributed by atoms with Crippen LogP contribution in [0, 0.1) is 0 Å². The minimum atomic E-state index is 0.481. The molecule has 3 rings (SSSR count). The quantitative estimate of drug-likeness (QED) is 0.536. The predicted molar refractivity (Wildman–Crippen MR) is 61.2 cm³/mol. The summed E-state index contributed by atoms with van der Waals surface area (Å²) >= 11 is 5.82. The fourth-order valence-corrected chi connectivity index (χ4v) is 1.84. The Balaban J connectivity index is 2.47. The molecule has 1 aromatic heterocycles. The molecule has 0 saturated heterocycles. The van der Waals surface area contributed by atoms with E-state index in [0.717, 1.165) is 16.6 Å². The molecule has 0 spiro atoms. The molecule has 15 heavy (non-hydrogen) atoms. The third kappa shape index (κ3) is 1.34. The Morgan fingerprint density at radius 1 is 0.867 bits per heavy atom. The summed E-state index contributed by atoms with van der Waals surface area (Å²) in [5, 5.41) is 1.53. The van der Waals surface area contributed by atoms with Gasteiger partial charge in [-0.25, -0.2) is 9.97 Å². The van der Waals surface area contributed by atoms with Crippen molar-refractivity contribution in [3.05, 3.63) is 47.6 Å². The first kappa shape index (κ1) is 8.62. The fraction of sp³-hybridized carbons (Fsp3) is 0. The first-order valence-corrected chi connectivity index (χ1v) is 5.03. The second kappa shape index (κ2) is 3.17. The van der Waals surface area contributed by atoms with Crippen molar-refractivity contribution >= 4 is 22.6 Å². The Hall–Kier alpha value is -1.67. The maximum absolute atomic E-state index is 5.82. The summed E-state index contributed by atoms with van der Waals surface area (Å²) in [7, 11) is 0. The Bertz CT molecular complexity index is 607. The molecule has 1 aromatic rings. The lowest BCUT2D eigenvalue weighted by Crippen LogP contribution is -1.75. The van der Waals surface area contributed by atoms with Crippen molar-refractivity contribution in [1.82, 2.24) is 9.97 Å². The average Bonchev–Trinajstić information content (AvgIpc) is 2.42. The van der Waals surface area contributed by atoms with Crippen LogP contribution < -0.4 is 0 Å². The van der Waals surface area contributed by atoms with Crippen LogP contribution in [0.2, 0.25) is 5.15 Å². The Morgan fingerprint density at radius 2 is 1.73 bits per heavy atom. The van der Waals surface area contributed by atoms with Crippen LogP contribution in [0.5, 0.6) is 0 Å². The van der Waals surface area contributed by atoms with Gasteiger partial charge in [0.15, 0.2) is 5.65 Å². The largest absolute Gasteiger partial charge is 0.228 e. The number of hydrogen-bond donors (Lipinski definition) is 0. The SMILES string of the molecule is Clc1ccc2c3cccccc-3nc2n1. The number of halogens is 1. The van der Waals surface area contributed by atoms with Crippen molar-refractivity contribution in [2.45, 2.75) is 0 Å². The van der Waals surface area contributed by atoms with Gasteiger partial charge in [0.25, 0.3) is 0 Å². The molecule has 0 fully saturated rings. The van der Waals surface area contributed by atoms with Crippen molar-refractivity contribution in [3.63, 3.8) is 0 Å². The molecular formula is C12H7ClN2. The number of rotatable bonds is 0. The molecular weight excluding hydrogens is 208 g/mol. The van der Waals surface area contributed by atoms with E-state index in [1.165, 1.54) is 0 Å². The van der Waals surface area contributed by atoms with E-state index in [0.29, 0.717) is 10.8 Å². The van der Waals surface area contributed by atoms with Gasteiger partial charge in [0.05, 0.1) is 5.69 Å². The van der Waals surface area contributed by atoms with Gasteiger partial charge in [-0.2, -0.15) is 0 Å². The Morgan fingerprint density at radius 3 is 2.67 bits per heavy atom. The molecule has 0 saturated carbocycles. The molecule has 2 nitrogen and oxygen atoms in total. The normalized spacial score (nSPS) is 11.0. The second-order valence-corrected chi connectivity index (χ2v) is 3.71. The van der Waals surface area contributed by atoms with E-state index in [2.05, 4.69) is 9.97 Å².